The summed E-state index contributed by atoms with van der Waals surface area (Å²) in [5, 5.41) is 12.2. The topological polar surface area (TPSA) is 227 Å². The quantitative estimate of drug-likeness (QED) is 0.0157. The van der Waals surface area contributed by atoms with Gasteiger partial charge < -0.3 is 33.6 Å². The van der Waals surface area contributed by atoms with Crippen LogP contribution in [0.3, 0.4) is 0 Å². The molecule has 0 amide bonds. The molecule has 0 aliphatic heterocycles. The first kappa shape index (κ1) is 75.7. The number of imidazole rings is 3. The van der Waals surface area contributed by atoms with Crippen LogP contribution in [0.15, 0.2) is 150 Å². The number of hydrogen-bond donors (Lipinski definition) is 1. The van der Waals surface area contributed by atoms with Crippen molar-refractivity contribution in [1.29, 1.82) is 0 Å². The number of esters is 3. The van der Waals surface area contributed by atoms with Crippen LogP contribution in [0.25, 0.3) is 45.5 Å². The molecule has 0 saturated heterocycles. The van der Waals surface area contributed by atoms with E-state index in [9.17, 15) is 24.0 Å². The van der Waals surface area contributed by atoms with Crippen LogP contribution in [0, 0.1) is 17.5 Å². The van der Waals surface area contributed by atoms with Crippen LogP contribution in [0.1, 0.15) is 169 Å². The summed E-state index contributed by atoms with van der Waals surface area (Å²) >= 11 is 3.23. The summed E-state index contributed by atoms with van der Waals surface area (Å²) in [5.41, 5.74) is 5.26. The van der Waals surface area contributed by atoms with Gasteiger partial charge in [-0.05, 0) is 181 Å². The number of nitrogens with zero attached hydrogens (tertiary/aromatic N) is 7. The van der Waals surface area contributed by atoms with Crippen LogP contribution >= 0.6 is 15.9 Å². The van der Waals surface area contributed by atoms with E-state index in [2.05, 4.69) is 49.2 Å². The highest BCUT2D eigenvalue weighted by atomic mass is 79.9. The van der Waals surface area contributed by atoms with Crippen LogP contribution in [0.4, 0.5) is 13.2 Å². The van der Waals surface area contributed by atoms with Gasteiger partial charge in [0.2, 0.25) is 0 Å². The van der Waals surface area contributed by atoms with Gasteiger partial charge in [-0.2, -0.15) is 15.0 Å². The Bertz CT molecular complexity index is 4460. The van der Waals surface area contributed by atoms with E-state index >= 15 is 13.2 Å². The number of hydrogen-bond acceptors (Lipinski definition) is 16. The van der Waals surface area contributed by atoms with Crippen molar-refractivity contribution in [3.05, 3.63) is 224 Å². The third-order valence-corrected chi connectivity index (χ3v) is 14.8. The second kappa shape index (κ2) is 33.5. The molecule has 3 heterocycles. The number of carbonyl (C=O) groups is 5. The van der Waals surface area contributed by atoms with Gasteiger partial charge in [-0.25, -0.2) is 27.6 Å². The molecule has 0 aliphatic rings. The van der Waals surface area contributed by atoms with E-state index in [4.69, 9.17) is 33.6 Å². The number of carbonyl (C=O) groups excluding carboxylic acids is 5. The number of rotatable bonds is 23. The Morgan fingerprint density at radius 2 is 0.788 bits per heavy atom. The monoisotopic (exact) mass is 1420 g/mol. The van der Waals surface area contributed by atoms with Crippen molar-refractivity contribution in [2.75, 3.05) is 19.8 Å². The highest BCUT2D eigenvalue weighted by Gasteiger charge is 2.27. The molecule has 1 N–H and O–H groups in total. The summed E-state index contributed by atoms with van der Waals surface area (Å²) in [7, 11) is 0. The fourth-order valence-electron chi connectivity index (χ4n) is 10.0. The van der Waals surface area contributed by atoms with Crippen LogP contribution in [0.2, 0.25) is 0 Å². The second-order valence-electron chi connectivity index (χ2n) is 24.9. The first-order valence-electron chi connectivity index (χ1n) is 31.5. The summed E-state index contributed by atoms with van der Waals surface area (Å²) in [6.07, 6.45) is 5.45. The largest absolute Gasteiger partial charge is 0.465 e. The molecule has 6 aromatic carbocycles. The summed E-state index contributed by atoms with van der Waals surface area (Å²) in [6.45, 7) is 30.1. The van der Waals surface area contributed by atoms with Gasteiger partial charge in [0.15, 0.2) is 12.6 Å². The Morgan fingerprint density at radius 3 is 1.08 bits per heavy atom. The van der Waals surface area contributed by atoms with E-state index in [0.717, 1.165) is 0 Å². The minimum atomic E-state index is -0.651. The highest BCUT2D eigenvalue weighted by molar-refractivity contribution is 9.10. The Morgan fingerprint density at radius 1 is 0.485 bits per heavy atom. The minimum absolute atomic E-state index is 0.0457. The first-order chi connectivity index (χ1) is 47.0. The molecule has 0 bridgehead atoms. The molecule has 9 aromatic rings. The van der Waals surface area contributed by atoms with Gasteiger partial charge in [-0.15, -0.1) is 0 Å². The predicted octanol–water partition coefficient (Wildman–Crippen LogP) is 16.8. The average Bonchev–Trinajstić information content (AvgIpc) is 1.76. The third-order valence-electron chi connectivity index (χ3n) is 14.3. The zero-order chi connectivity index (χ0) is 72.5. The van der Waals surface area contributed by atoms with Gasteiger partial charge in [0.25, 0.3) is 18.0 Å². The molecule has 0 fully saturated rings. The lowest BCUT2D eigenvalue weighted by molar-refractivity contribution is 0.00578. The van der Waals surface area contributed by atoms with Gasteiger partial charge in [-0.1, -0.05) is 109 Å². The molecule has 0 atom stereocenters. The maximum Gasteiger partial charge on any atom is 0.339 e. The van der Waals surface area contributed by atoms with Crippen molar-refractivity contribution < 1.29 is 70.8 Å². The first-order valence-corrected chi connectivity index (χ1v) is 32.3. The molecule has 19 nitrogen and oxygen atoms in total. The minimum Gasteiger partial charge on any atom is -0.465 e. The summed E-state index contributed by atoms with van der Waals surface area (Å²) in [5.74, 6) is -2.87. The fourth-order valence-corrected chi connectivity index (χ4v) is 10.5. The number of ether oxygens (including phenoxy) is 6. The Kier molecular flexibility index (Phi) is 25.6. The molecule has 0 saturated carbocycles. The lowest BCUT2D eigenvalue weighted by Crippen LogP contribution is -2.24. The van der Waals surface area contributed by atoms with Gasteiger partial charge in [0, 0.05) is 16.7 Å². The van der Waals surface area contributed by atoms with Gasteiger partial charge in [-0.3, -0.25) is 23.3 Å². The van der Waals surface area contributed by atoms with Crippen LogP contribution < -0.4 is 14.2 Å². The number of halogens is 4. The molecule has 518 valence electrons. The molecule has 0 spiro atoms. The summed E-state index contributed by atoms with van der Waals surface area (Å²) in [4.78, 5) is 73.9. The number of aromatic nitrogens is 6. The Balaban J connectivity index is 0.000000209. The van der Waals surface area contributed by atoms with Crippen molar-refractivity contribution in [3.8, 4) is 51.4 Å². The van der Waals surface area contributed by atoms with Crippen LogP contribution in [0.5, 0.6) is 18.0 Å². The summed E-state index contributed by atoms with van der Waals surface area (Å²) < 4.78 is 83.5. The summed E-state index contributed by atoms with van der Waals surface area (Å²) in [6, 6.07) is 35.7. The molecule has 99 heavy (non-hydrogen) atoms. The lowest BCUT2D eigenvalue weighted by atomic mass is 9.98. The van der Waals surface area contributed by atoms with E-state index in [1.165, 1.54) is 45.7 Å². The molecular formula is C76H79BrF3N7O12. The SMILES string of the molecule is C=Cc1nc(OCC)n(Cc2ccc(-c3ccccc3C(=O)OC(C)(C)C)cc2F)c1/C=N\O.C=Cc1nc(OCC)n(Cc2ccc(-c3ccccc3C(=O)OC(C)(C)C)cc2F)c1C=O.CCOc1nc(Br)c(C=O)n1Cc1ccc(-c2ccccc2C(=O)OC(C)(C)C)cc1F. The van der Waals surface area contributed by atoms with E-state index in [-0.39, 0.29) is 49.1 Å². The molecule has 3 aromatic heterocycles. The van der Waals surface area contributed by atoms with Crippen molar-refractivity contribution in [1.82, 2.24) is 28.7 Å². The van der Waals surface area contributed by atoms with Crippen LogP contribution in [-0.4, -0.2) is 107 Å². The number of oxime groups is 1. The smallest absolute Gasteiger partial charge is 0.339 e. The number of aldehydes is 2. The molecule has 9 rings (SSSR count). The van der Waals surface area contributed by atoms with E-state index in [1.807, 2.05) is 6.92 Å². The van der Waals surface area contributed by atoms with Crippen molar-refractivity contribution in [2.24, 2.45) is 5.16 Å². The maximum atomic E-state index is 15.3. The van der Waals surface area contributed by atoms with Crippen molar-refractivity contribution >= 4 is 64.8 Å². The van der Waals surface area contributed by atoms with Gasteiger partial charge >= 0.3 is 17.9 Å². The molecular weight excluding hydrogens is 1340 g/mol. The highest BCUT2D eigenvalue weighted by Crippen LogP contribution is 2.34. The third kappa shape index (κ3) is 19.5. The maximum absolute atomic E-state index is 15.3. The lowest BCUT2D eigenvalue weighted by Gasteiger charge is -2.20. The molecule has 0 aliphatic carbocycles. The fraction of sp³-hybridized carbons (Fsp3) is 0.276. The van der Waals surface area contributed by atoms with Crippen molar-refractivity contribution in [2.45, 2.75) is 120 Å². The van der Waals surface area contributed by atoms with Crippen molar-refractivity contribution in [3.63, 3.8) is 0 Å². The van der Waals surface area contributed by atoms with Gasteiger partial charge in [0.05, 0.1) is 79.4 Å². The molecule has 0 unspecified atom stereocenters. The average molecular weight is 1420 g/mol. The van der Waals surface area contributed by atoms with E-state index in [0.29, 0.717) is 121 Å². The molecule has 0 radical (unpaired) electrons. The molecule has 23 heteroatoms. The standard InChI is InChI=1S/C26H28FN3O4.C26H27FN2O4.C24H24BrFN2O4/c1-6-22-23(15-28-32)30(25(29-22)33-7-2)16-18-13-12-17(14-21(18)27)19-10-8-9-11-20(19)24(31)34-26(3,4)5;1-6-22-23(16-30)29(25(28-22)32-7-2)15-18-13-12-17(14-21(18)27)19-10-8-9-11-20(19)24(31)33-26(3,4)5;1-5-31-23-27-21(25)20(14-29)28(23)13-16-11-10-15(12-19(16)26)17-8-6-7-9-18(17)22(30)32-24(2,3)4/h6,8-15,32H,1,7,16H2,2-5H3;6,8-14,16H,1,7,15H2,2-5H3;6-12,14H,5,13H2,1-4H3/b28-15-;;. The predicted molar refractivity (Wildman–Crippen MR) is 377 cm³/mol. The Hall–Kier alpha value is -10.7. The zero-order valence-electron chi connectivity index (χ0n) is 57.2. The zero-order valence-corrected chi connectivity index (χ0v) is 58.8. The second-order valence-corrected chi connectivity index (χ2v) is 25.7. The Labute approximate surface area is 581 Å². The normalized spacial score (nSPS) is 11.4. The van der Waals surface area contributed by atoms with Gasteiger partial charge in [0.1, 0.15) is 50.2 Å². The van der Waals surface area contributed by atoms with E-state index < -0.39 is 52.2 Å². The van der Waals surface area contributed by atoms with E-state index in [1.54, 1.807) is 190 Å². The number of benzene rings is 6. The van der Waals surface area contributed by atoms with Crippen LogP contribution in [-0.2, 0) is 33.8 Å².